The average molecular weight is 370 g/mol. The minimum Gasteiger partial charge on any atom is -0.358 e. The van der Waals surface area contributed by atoms with Gasteiger partial charge in [0.2, 0.25) is 0 Å². The lowest BCUT2D eigenvalue weighted by molar-refractivity contribution is 0.126. The topological polar surface area (TPSA) is 31.1 Å². The van der Waals surface area contributed by atoms with Crippen LogP contribution in [0.5, 0.6) is 0 Å². The Bertz CT molecular complexity index is 643. The first-order valence-electron chi connectivity index (χ1n) is 8.86. The number of aromatic amines is 1. The number of fused-ring (bicyclic) bond motifs is 1. The predicted octanol–water partition coefficient (Wildman–Crippen LogP) is 4.46. The van der Waals surface area contributed by atoms with Crippen molar-refractivity contribution in [2.45, 2.75) is 38.6 Å². The van der Waals surface area contributed by atoms with E-state index in [9.17, 15) is 0 Å². The lowest BCUT2D eigenvalue weighted by Gasteiger charge is -2.39. The molecule has 0 spiro atoms. The van der Waals surface area contributed by atoms with Crippen molar-refractivity contribution in [3.63, 3.8) is 0 Å². The summed E-state index contributed by atoms with van der Waals surface area (Å²) in [4.78, 5) is 6.37. The number of rotatable bonds is 3. The van der Waals surface area contributed by atoms with E-state index in [1.807, 2.05) is 0 Å². The standard InChI is InChI=1S/C19H27N3.2ClH/c1-14-18(16-8-4-5-9-17(16)21-14)19(15-6-2-3-7-15)22-12-10-20-11-13-22;;/h4-5,8-9,15,19-21H,2-3,6-7,10-13H2,1H3;2*1H/t19-;;/m1../s1. The van der Waals surface area contributed by atoms with Crippen LogP contribution in [0.4, 0.5) is 0 Å². The molecule has 3 nitrogen and oxygen atoms in total. The highest BCUT2D eigenvalue weighted by molar-refractivity contribution is 5.86. The number of halogens is 2. The number of H-pyrrole nitrogens is 1. The van der Waals surface area contributed by atoms with Gasteiger partial charge in [-0.1, -0.05) is 31.0 Å². The van der Waals surface area contributed by atoms with E-state index in [0.29, 0.717) is 6.04 Å². The third kappa shape index (κ3) is 3.60. The van der Waals surface area contributed by atoms with Gasteiger partial charge in [-0.3, -0.25) is 4.90 Å². The molecule has 2 fully saturated rings. The van der Waals surface area contributed by atoms with Crippen LogP contribution in [0.25, 0.3) is 10.9 Å². The number of benzene rings is 1. The summed E-state index contributed by atoms with van der Waals surface area (Å²) in [5, 5.41) is 4.95. The van der Waals surface area contributed by atoms with Crippen LogP contribution in [0, 0.1) is 12.8 Å². The highest BCUT2D eigenvalue weighted by Gasteiger charge is 2.34. The molecule has 2 N–H and O–H groups in total. The van der Waals surface area contributed by atoms with Crippen LogP contribution in [-0.2, 0) is 0 Å². The normalized spacial score (nSPS) is 20.5. The van der Waals surface area contributed by atoms with Crippen molar-refractivity contribution >= 4 is 35.7 Å². The molecule has 1 aromatic carbocycles. The van der Waals surface area contributed by atoms with Gasteiger partial charge >= 0.3 is 0 Å². The number of hydrogen-bond donors (Lipinski definition) is 2. The maximum absolute atomic E-state index is 3.63. The number of nitrogens with one attached hydrogen (secondary N) is 2. The zero-order chi connectivity index (χ0) is 14.9. The van der Waals surface area contributed by atoms with E-state index in [1.165, 1.54) is 55.4 Å². The Morgan fingerprint density at radius 1 is 1.04 bits per heavy atom. The SMILES string of the molecule is Cc1[nH]c2ccccc2c1[C@@H](C1CCCC1)N1CCNCC1.Cl.Cl. The molecule has 1 atom stereocenters. The maximum atomic E-state index is 3.63. The molecule has 0 unspecified atom stereocenters. The largest absolute Gasteiger partial charge is 0.358 e. The number of piperazine rings is 1. The molecule has 1 aliphatic heterocycles. The van der Waals surface area contributed by atoms with Crippen molar-refractivity contribution in [1.29, 1.82) is 0 Å². The average Bonchev–Trinajstić information content (AvgIpc) is 3.18. The van der Waals surface area contributed by atoms with Gasteiger partial charge in [-0.05, 0) is 37.3 Å². The molecule has 1 aromatic heterocycles. The highest BCUT2D eigenvalue weighted by Crippen LogP contribution is 2.43. The van der Waals surface area contributed by atoms with Crippen molar-refractivity contribution in [2.75, 3.05) is 26.2 Å². The second-order valence-corrected chi connectivity index (χ2v) is 6.98. The molecule has 0 radical (unpaired) electrons. The van der Waals surface area contributed by atoms with Gasteiger partial charge in [-0.25, -0.2) is 0 Å². The molecule has 4 rings (SSSR count). The molecule has 2 aliphatic rings. The number of hydrogen-bond acceptors (Lipinski definition) is 2. The Hall–Kier alpha value is -0.740. The van der Waals surface area contributed by atoms with Crippen LogP contribution in [-0.4, -0.2) is 36.1 Å². The fourth-order valence-electron chi connectivity index (χ4n) is 4.63. The summed E-state index contributed by atoms with van der Waals surface area (Å²) in [6, 6.07) is 9.44. The molecular weight excluding hydrogens is 341 g/mol. The van der Waals surface area contributed by atoms with Gasteiger partial charge in [0, 0.05) is 48.8 Å². The molecule has 0 amide bonds. The van der Waals surface area contributed by atoms with Crippen LogP contribution in [0.3, 0.4) is 0 Å². The van der Waals surface area contributed by atoms with Gasteiger partial charge in [0.05, 0.1) is 0 Å². The van der Waals surface area contributed by atoms with E-state index in [0.717, 1.165) is 19.0 Å². The van der Waals surface area contributed by atoms with E-state index in [4.69, 9.17) is 0 Å². The van der Waals surface area contributed by atoms with E-state index >= 15 is 0 Å². The Morgan fingerprint density at radius 3 is 2.42 bits per heavy atom. The zero-order valence-corrected chi connectivity index (χ0v) is 16.0. The van der Waals surface area contributed by atoms with Crippen LogP contribution < -0.4 is 5.32 Å². The van der Waals surface area contributed by atoms with E-state index in [-0.39, 0.29) is 24.8 Å². The molecule has 5 heteroatoms. The van der Waals surface area contributed by atoms with Crippen LogP contribution in [0.15, 0.2) is 24.3 Å². The van der Waals surface area contributed by atoms with Gasteiger partial charge < -0.3 is 10.3 Å². The molecule has 2 aromatic rings. The summed E-state index contributed by atoms with van der Waals surface area (Å²) in [5.41, 5.74) is 4.24. The highest BCUT2D eigenvalue weighted by atomic mass is 35.5. The van der Waals surface area contributed by atoms with Gasteiger partial charge in [0.1, 0.15) is 0 Å². The number of aromatic nitrogens is 1. The molecule has 24 heavy (non-hydrogen) atoms. The van der Waals surface area contributed by atoms with Crippen LogP contribution in [0.2, 0.25) is 0 Å². The molecule has 0 bridgehead atoms. The van der Waals surface area contributed by atoms with Crippen molar-refractivity contribution in [3.8, 4) is 0 Å². The van der Waals surface area contributed by atoms with E-state index in [2.05, 4.69) is 46.4 Å². The third-order valence-corrected chi connectivity index (χ3v) is 5.63. The Balaban J connectivity index is 0.00000104. The second-order valence-electron chi connectivity index (χ2n) is 6.98. The van der Waals surface area contributed by atoms with Crippen LogP contribution in [0.1, 0.15) is 43.0 Å². The smallest absolute Gasteiger partial charge is 0.0459 e. The summed E-state index contributed by atoms with van der Waals surface area (Å²) in [6.45, 7) is 6.88. The van der Waals surface area contributed by atoms with E-state index < -0.39 is 0 Å². The van der Waals surface area contributed by atoms with Gasteiger partial charge in [0.25, 0.3) is 0 Å². The van der Waals surface area contributed by atoms with Gasteiger partial charge in [0.15, 0.2) is 0 Å². The molecule has 1 saturated carbocycles. The minimum absolute atomic E-state index is 0. The number of nitrogens with zero attached hydrogens (tertiary/aromatic N) is 1. The fourth-order valence-corrected chi connectivity index (χ4v) is 4.63. The second kappa shape index (κ2) is 8.57. The Kier molecular flexibility index (Phi) is 6.99. The minimum atomic E-state index is 0. The lowest BCUT2D eigenvalue weighted by Crippen LogP contribution is -2.46. The van der Waals surface area contributed by atoms with Crippen LogP contribution >= 0.6 is 24.8 Å². The van der Waals surface area contributed by atoms with Crippen molar-refractivity contribution in [2.24, 2.45) is 5.92 Å². The Morgan fingerprint density at radius 2 is 1.71 bits per heavy atom. The number of aryl methyl sites for hydroxylation is 1. The molecule has 134 valence electrons. The number of para-hydroxylation sites is 1. The summed E-state index contributed by atoms with van der Waals surface area (Å²) < 4.78 is 0. The predicted molar refractivity (Wildman–Crippen MR) is 107 cm³/mol. The first kappa shape index (κ1) is 19.6. The monoisotopic (exact) mass is 369 g/mol. The van der Waals surface area contributed by atoms with Gasteiger partial charge in [-0.2, -0.15) is 0 Å². The summed E-state index contributed by atoms with van der Waals surface area (Å²) in [7, 11) is 0. The summed E-state index contributed by atoms with van der Waals surface area (Å²) >= 11 is 0. The summed E-state index contributed by atoms with van der Waals surface area (Å²) in [6.07, 6.45) is 5.62. The lowest BCUT2D eigenvalue weighted by atomic mass is 9.88. The molecule has 2 heterocycles. The Labute approximate surface area is 157 Å². The maximum Gasteiger partial charge on any atom is 0.0459 e. The van der Waals surface area contributed by atoms with E-state index in [1.54, 1.807) is 5.56 Å². The zero-order valence-electron chi connectivity index (χ0n) is 14.4. The van der Waals surface area contributed by atoms with Crippen molar-refractivity contribution in [3.05, 3.63) is 35.5 Å². The fraction of sp³-hybridized carbons (Fsp3) is 0.579. The molecule has 1 aliphatic carbocycles. The van der Waals surface area contributed by atoms with Crippen molar-refractivity contribution in [1.82, 2.24) is 15.2 Å². The van der Waals surface area contributed by atoms with Gasteiger partial charge in [-0.15, -0.1) is 24.8 Å². The summed E-state index contributed by atoms with van der Waals surface area (Å²) in [5.74, 6) is 0.830. The third-order valence-electron chi connectivity index (χ3n) is 5.63. The molecule has 1 saturated heterocycles. The quantitative estimate of drug-likeness (QED) is 0.836. The van der Waals surface area contributed by atoms with Crippen molar-refractivity contribution < 1.29 is 0 Å². The first-order valence-corrected chi connectivity index (χ1v) is 8.86. The first-order chi connectivity index (χ1) is 10.8. The molecular formula is C19H29Cl2N3.